The molecule has 0 N–H and O–H groups in total. The highest BCUT2D eigenvalue weighted by molar-refractivity contribution is 5.97. The first kappa shape index (κ1) is 16.1. The van der Waals surface area contributed by atoms with Crippen molar-refractivity contribution in [2.75, 3.05) is 32.7 Å². The molecule has 0 aliphatic carbocycles. The molecule has 2 fully saturated rings. The number of hydrogen-bond acceptors (Lipinski definition) is 3. The molecule has 0 spiro atoms. The van der Waals surface area contributed by atoms with Crippen molar-refractivity contribution < 1.29 is 9.59 Å². The van der Waals surface area contributed by atoms with Crippen LogP contribution in [0.15, 0.2) is 24.3 Å². The van der Waals surface area contributed by atoms with Crippen LogP contribution in [0, 0.1) is 12.8 Å². The number of carbonyl (C=O) groups excluding carboxylic acids is 2. The van der Waals surface area contributed by atoms with Gasteiger partial charge >= 0.3 is 0 Å². The van der Waals surface area contributed by atoms with Crippen molar-refractivity contribution in [3.8, 4) is 0 Å². The number of carbonyl (C=O) groups is 2. The van der Waals surface area contributed by atoms with Crippen molar-refractivity contribution >= 4 is 12.2 Å². The zero-order chi connectivity index (χ0) is 16.2. The van der Waals surface area contributed by atoms with E-state index >= 15 is 0 Å². The Bertz CT molecular complexity index is 550. The van der Waals surface area contributed by atoms with Gasteiger partial charge in [0.25, 0.3) is 0 Å². The van der Waals surface area contributed by atoms with Gasteiger partial charge in [0.1, 0.15) is 0 Å². The van der Waals surface area contributed by atoms with Crippen molar-refractivity contribution in [1.82, 2.24) is 15.1 Å². The van der Waals surface area contributed by atoms with E-state index in [1.54, 1.807) is 4.90 Å². The molecule has 0 aromatic heterocycles. The van der Waals surface area contributed by atoms with Gasteiger partial charge in [-0.1, -0.05) is 29.8 Å². The van der Waals surface area contributed by atoms with Crippen molar-refractivity contribution in [3.05, 3.63) is 35.4 Å². The Morgan fingerprint density at radius 2 is 1.87 bits per heavy atom. The number of Topliss-reactive ketones (excluding diaryl/α,β-unsaturated/α-hetero) is 1. The van der Waals surface area contributed by atoms with Gasteiger partial charge in [-0.05, 0) is 19.8 Å². The maximum Gasteiger partial charge on any atom is 0.209 e. The highest BCUT2D eigenvalue weighted by Crippen LogP contribution is 2.24. The van der Waals surface area contributed by atoms with Crippen LogP contribution in [0.4, 0.5) is 0 Å². The fourth-order valence-corrected chi connectivity index (χ4v) is 3.42. The molecule has 2 aliphatic rings. The normalized spacial score (nSPS) is 26.0. The molecule has 5 nitrogen and oxygen atoms in total. The van der Waals surface area contributed by atoms with E-state index in [9.17, 15) is 9.59 Å². The molecular formula is C18H24N3O2. The minimum Gasteiger partial charge on any atom is -0.343 e. The second kappa shape index (κ2) is 7.23. The topological polar surface area (TPSA) is 54.7 Å². The van der Waals surface area contributed by atoms with Crippen molar-refractivity contribution in [3.63, 3.8) is 0 Å². The van der Waals surface area contributed by atoms with Crippen molar-refractivity contribution in [2.24, 2.45) is 5.92 Å². The summed E-state index contributed by atoms with van der Waals surface area (Å²) in [6.45, 7) is 5.98. The van der Waals surface area contributed by atoms with E-state index in [1.165, 1.54) is 5.56 Å². The number of nitrogens with zero attached hydrogens (tertiary/aromatic N) is 3. The molecule has 3 rings (SSSR count). The Balaban J connectivity index is 1.60. The third-order valence-electron chi connectivity index (χ3n) is 4.94. The summed E-state index contributed by atoms with van der Waals surface area (Å²) in [4.78, 5) is 27.6. The van der Waals surface area contributed by atoms with Gasteiger partial charge in [-0.25, -0.2) is 5.32 Å². The molecule has 2 unspecified atom stereocenters. The fraction of sp³-hybridized carbons (Fsp3) is 0.556. The maximum atomic E-state index is 12.7. The highest BCUT2D eigenvalue weighted by atomic mass is 16.1. The number of benzene rings is 1. The lowest BCUT2D eigenvalue weighted by Crippen LogP contribution is -2.55. The number of aryl methyl sites for hydroxylation is 1. The van der Waals surface area contributed by atoms with Gasteiger partial charge < -0.3 is 4.90 Å². The molecule has 5 heteroatoms. The Hall–Kier alpha value is -1.72. The molecular weight excluding hydrogens is 290 g/mol. The van der Waals surface area contributed by atoms with E-state index in [0.29, 0.717) is 0 Å². The predicted molar refractivity (Wildman–Crippen MR) is 88.2 cm³/mol. The standard InChI is InChI=1S/C18H24N3O2/c1-14-2-4-15(5-3-14)18(23)16-6-7-19-17(12-16)21-10-8-20(13-22)9-11-21/h2-5,13,16-17H,6-12H2,1H3. The van der Waals surface area contributed by atoms with Gasteiger partial charge in [-0.2, -0.15) is 0 Å². The molecule has 2 heterocycles. The van der Waals surface area contributed by atoms with Gasteiger partial charge in [0.2, 0.25) is 6.41 Å². The number of amides is 1. The fourth-order valence-electron chi connectivity index (χ4n) is 3.42. The molecule has 1 aromatic carbocycles. The third kappa shape index (κ3) is 3.79. The smallest absolute Gasteiger partial charge is 0.209 e. The lowest BCUT2D eigenvalue weighted by atomic mass is 9.87. The average Bonchev–Trinajstić information content (AvgIpc) is 2.62. The Kier molecular flexibility index (Phi) is 5.08. The monoisotopic (exact) mass is 314 g/mol. The quantitative estimate of drug-likeness (QED) is 0.622. The molecule has 1 amide bonds. The Morgan fingerprint density at radius 3 is 2.52 bits per heavy atom. The van der Waals surface area contributed by atoms with Gasteiger partial charge in [0, 0.05) is 44.2 Å². The third-order valence-corrected chi connectivity index (χ3v) is 4.94. The zero-order valence-corrected chi connectivity index (χ0v) is 13.6. The van der Waals surface area contributed by atoms with Crippen molar-refractivity contribution in [1.29, 1.82) is 0 Å². The van der Waals surface area contributed by atoms with Crippen LogP contribution >= 0.6 is 0 Å². The van der Waals surface area contributed by atoms with E-state index in [-0.39, 0.29) is 17.9 Å². The van der Waals surface area contributed by atoms with Gasteiger partial charge in [-0.3, -0.25) is 14.5 Å². The van der Waals surface area contributed by atoms with Crippen LogP contribution in [0.1, 0.15) is 28.8 Å². The van der Waals surface area contributed by atoms with Crippen LogP contribution in [-0.2, 0) is 4.79 Å². The second-order valence-corrected chi connectivity index (χ2v) is 6.52. The van der Waals surface area contributed by atoms with Gasteiger partial charge in [0.15, 0.2) is 5.78 Å². The summed E-state index contributed by atoms with van der Waals surface area (Å²) in [6, 6.07) is 7.86. The summed E-state index contributed by atoms with van der Waals surface area (Å²) in [5.41, 5.74) is 1.98. The molecule has 0 bridgehead atoms. The minimum absolute atomic E-state index is 0.0595. The van der Waals surface area contributed by atoms with E-state index in [2.05, 4.69) is 4.90 Å². The lowest BCUT2D eigenvalue weighted by molar-refractivity contribution is -0.120. The van der Waals surface area contributed by atoms with Crippen LogP contribution in [-0.4, -0.2) is 60.9 Å². The summed E-state index contributed by atoms with van der Waals surface area (Å²) < 4.78 is 0. The Labute approximate surface area is 137 Å². The van der Waals surface area contributed by atoms with Crippen LogP contribution in [0.3, 0.4) is 0 Å². The minimum atomic E-state index is 0.0595. The highest BCUT2D eigenvalue weighted by Gasteiger charge is 2.32. The number of piperidine rings is 1. The molecule has 2 atom stereocenters. The number of ketones is 1. The van der Waals surface area contributed by atoms with Gasteiger partial charge in [-0.15, -0.1) is 0 Å². The summed E-state index contributed by atoms with van der Waals surface area (Å²) >= 11 is 0. The van der Waals surface area contributed by atoms with Crippen LogP contribution in [0.25, 0.3) is 0 Å². The lowest BCUT2D eigenvalue weighted by Gasteiger charge is -2.40. The summed E-state index contributed by atoms with van der Waals surface area (Å²) in [6.07, 6.45) is 2.68. The molecule has 0 saturated carbocycles. The molecule has 2 aliphatic heterocycles. The number of piperazine rings is 1. The first-order chi connectivity index (χ1) is 11.2. The zero-order valence-electron chi connectivity index (χ0n) is 13.6. The van der Waals surface area contributed by atoms with Gasteiger partial charge in [0.05, 0.1) is 6.17 Å². The number of hydrogen-bond donors (Lipinski definition) is 0. The summed E-state index contributed by atoms with van der Waals surface area (Å²) in [7, 11) is 0. The molecule has 1 aromatic rings. The summed E-state index contributed by atoms with van der Waals surface area (Å²) in [5.74, 6) is 0.306. The molecule has 2 saturated heterocycles. The SMILES string of the molecule is Cc1ccc(C(=O)C2CC[N]C(N3CCN(C=O)CC3)C2)cc1. The molecule has 1 radical (unpaired) electrons. The summed E-state index contributed by atoms with van der Waals surface area (Å²) in [5, 5.41) is 4.71. The second-order valence-electron chi connectivity index (χ2n) is 6.52. The van der Waals surface area contributed by atoms with Crippen LogP contribution in [0.5, 0.6) is 0 Å². The molecule has 23 heavy (non-hydrogen) atoms. The van der Waals surface area contributed by atoms with Crippen LogP contribution < -0.4 is 5.32 Å². The van der Waals surface area contributed by atoms with Crippen molar-refractivity contribution in [2.45, 2.75) is 25.9 Å². The predicted octanol–water partition coefficient (Wildman–Crippen LogP) is 1.29. The first-order valence-corrected chi connectivity index (χ1v) is 8.38. The van der Waals surface area contributed by atoms with E-state index in [4.69, 9.17) is 5.32 Å². The number of rotatable bonds is 4. The van der Waals surface area contributed by atoms with E-state index < -0.39 is 0 Å². The molecule has 123 valence electrons. The largest absolute Gasteiger partial charge is 0.343 e. The maximum absolute atomic E-state index is 12.7. The van der Waals surface area contributed by atoms with E-state index in [1.807, 2.05) is 31.2 Å². The Morgan fingerprint density at radius 1 is 1.17 bits per heavy atom. The van der Waals surface area contributed by atoms with Crippen LogP contribution in [0.2, 0.25) is 0 Å². The average molecular weight is 314 g/mol. The van der Waals surface area contributed by atoms with E-state index in [0.717, 1.165) is 57.5 Å². The first-order valence-electron chi connectivity index (χ1n) is 8.38.